The van der Waals surface area contributed by atoms with Gasteiger partial charge in [-0.1, -0.05) is 27.2 Å². The Morgan fingerprint density at radius 3 is 2.73 bits per heavy atom. The Kier molecular flexibility index (Phi) is 4.78. The Morgan fingerprint density at radius 2 is 2.13 bits per heavy atom. The lowest BCUT2D eigenvalue weighted by Crippen LogP contribution is -2.45. The second-order valence-corrected chi connectivity index (χ2v) is 7.32. The normalized spacial score (nSPS) is 32.5. The molecule has 0 radical (unpaired) electrons. The molecule has 3 atom stereocenters. The van der Waals surface area contributed by atoms with Crippen LogP contribution in [0.4, 0.5) is 0 Å². The molecule has 0 aromatic heterocycles. The van der Waals surface area contributed by atoms with Gasteiger partial charge in [0.05, 0.1) is 5.25 Å². The molecule has 2 N–H and O–H groups in total. The minimum Gasteiger partial charge on any atom is -0.327 e. The summed E-state index contributed by atoms with van der Waals surface area (Å²) in [6, 6.07) is 0.163. The molecule has 1 saturated carbocycles. The van der Waals surface area contributed by atoms with Crippen LogP contribution in [0.2, 0.25) is 0 Å². The van der Waals surface area contributed by atoms with E-state index in [1.807, 2.05) is 0 Å². The van der Waals surface area contributed by atoms with E-state index in [9.17, 15) is 4.21 Å². The molecule has 90 valence electrons. The van der Waals surface area contributed by atoms with Crippen LogP contribution in [-0.2, 0) is 10.8 Å². The van der Waals surface area contributed by atoms with Gasteiger partial charge in [-0.15, -0.1) is 0 Å². The lowest BCUT2D eigenvalue weighted by Gasteiger charge is -2.38. The number of hydrogen-bond acceptors (Lipinski definition) is 2. The average molecular weight is 231 g/mol. The third-order valence-electron chi connectivity index (χ3n) is 3.42. The SMILES string of the molecule is CCCCS(=O)C1CC(C)(C)CCC1N. The van der Waals surface area contributed by atoms with E-state index in [-0.39, 0.29) is 11.3 Å². The summed E-state index contributed by atoms with van der Waals surface area (Å²) in [7, 11) is -0.708. The van der Waals surface area contributed by atoms with E-state index in [0.29, 0.717) is 5.41 Å². The second kappa shape index (κ2) is 5.44. The van der Waals surface area contributed by atoms with Gasteiger partial charge >= 0.3 is 0 Å². The van der Waals surface area contributed by atoms with Crippen molar-refractivity contribution in [2.75, 3.05) is 5.75 Å². The molecule has 3 heteroatoms. The van der Waals surface area contributed by atoms with Crippen molar-refractivity contribution in [1.82, 2.24) is 0 Å². The minimum absolute atomic E-state index is 0.163. The van der Waals surface area contributed by atoms with Gasteiger partial charge in [0.25, 0.3) is 0 Å². The van der Waals surface area contributed by atoms with Gasteiger partial charge in [0.1, 0.15) is 0 Å². The summed E-state index contributed by atoms with van der Waals surface area (Å²) in [4.78, 5) is 0. The molecule has 3 unspecified atom stereocenters. The first-order chi connectivity index (χ1) is 6.96. The summed E-state index contributed by atoms with van der Waals surface area (Å²) in [5.41, 5.74) is 6.42. The molecule has 0 amide bonds. The Balaban J connectivity index is 2.54. The van der Waals surface area contributed by atoms with Gasteiger partial charge in [-0.2, -0.15) is 0 Å². The summed E-state index contributed by atoms with van der Waals surface area (Å²) >= 11 is 0. The van der Waals surface area contributed by atoms with Crippen LogP contribution in [0.25, 0.3) is 0 Å². The third-order valence-corrected chi connectivity index (χ3v) is 5.31. The van der Waals surface area contributed by atoms with Crippen molar-refractivity contribution >= 4 is 10.8 Å². The van der Waals surface area contributed by atoms with E-state index in [0.717, 1.165) is 31.4 Å². The van der Waals surface area contributed by atoms with E-state index >= 15 is 0 Å². The van der Waals surface area contributed by atoms with Gasteiger partial charge in [-0.25, -0.2) is 0 Å². The summed E-state index contributed by atoms with van der Waals surface area (Å²) in [6.45, 7) is 6.67. The molecule has 0 saturated heterocycles. The highest BCUT2D eigenvalue weighted by Gasteiger charge is 2.35. The standard InChI is InChI=1S/C12H25NOS/c1-4-5-8-15(14)11-9-12(2,3)7-6-10(11)13/h10-11H,4-9,13H2,1-3H3. The van der Waals surface area contributed by atoms with Crippen molar-refractivity contribution in [3.8, 4) is 0 Å². The van der Waals surface area contributed by atoms with E-state index in [1.54, 1.807) is 0 Å². The molecule has 0 bridgehead atoms. The first kappa shape index (κ1) is 13.2. The highest BCUT2D eigenvalue weighted by molar-refractivity contribution is 7.85. The van der Waals surface area contributed by atoms with Gasteiger partial charge < -0.3 is 5.73 Å². The van der Waals surface area contributed by atoms with E-state index in [1.165, 1.54) is 6.42 Å². The van der Waals surface area contributed by atoms with Gasteiger partial charge in [-0.05, 0) is 31.1 Å². The lowest BCUT2D eigenvalue weighted by atomic mass is 9.75. The molecule has 1 rings (SSSR count). The molecular weight excluding hydrogens is 206 g/mol. The molecule has 1 aliphatic carbocycles. The summed E-state index contributed by atoms with van der Waals surface area (Å²) in [6.07, 6.45) is 5.43. The molecular formula is C12H25NOS. The zero-order chi connectivity index (χ0) is 11.5. The average Bonchev–Trinajstić information content (AvgIpc) is 2.18. The maximum Gasteiger partial charge on any atom is 0.0504 e. The lowest BCUT2D eigenvalue weighted by molar-refractivity contribution is 0.230. The van der Waals surface area contributed by atoms with Crippen LogP contribution in [0.1, 0.15) is 52.9 Å². The molecule has 0 heterocycles. The Hall–Kier alpha value is 0.110. The van der Waals surface area contributed by atoms with Gasteiger partial charge in [0.2, 0.25) is 0 Å². The molecule has 0 aromatic carbocycles. The quantitative estimate of drug-likeness (QED) is 0.807. The number of rotatable bonds is 4. The van der Waals surface area contributed by atoms with Crippen molar-refractivity contribution in [2.24, 2.45) is 11.1 Å². The number of nitrogens with two attached hydrogens (primary N) is 1. The fraction of sp³-hybridized carbons (Fsp3) is 1.00. The van der Waals surface area contributed by atoms with Gasteiger partial charge in [-0.3, -0.25) is 4.21 Å². The molecule has 1 aliphatic rings. The molecule has 0 aromatic rings. The van der Waals surface area contributed by atoms with E-state index < -0.39 is 10.8 Å². The third kappa shape index (κ3) is 3.87. The fourth-order valence-electron chi connectivity index (χ4n) is 2.27. The van der Waals surface area contributed by atoms with Crippen LogP contribution < -0.4 is 5.73 Å². The zero-order valence-corrected chi connectivity index (χ0v) is 11.1. The zero-order valence-electron chi connectivity index (χ0n) is 10.3. The highest BCUT2D eigenvalue weighted by atomic mass is 32.2. The molecule has 0 spiro atoms. The minimum atomic E-state index is -0.708. The maximum atomic E-state index is 12.1. The smallest absolute Gasteiger partial charge is 0.0504 e. The Morgan fingerprint density at radius 1 is 1.47 bits per heavy atom. The maximum absolute atomic E-state index is 12.1. The summed E-state index contributed by atoms with van der Waals surface area (Å²) in [5.74, 6) is 0.838. The van der Waals surface area contributed by atoms with Crippen molar-refractivity contribution in [3.05, 3.63) is 0 Å². The van der Waals surface area contributed by atoms with Crippen LogP contribution in [0, 0.1) is 5.41 Å². The van der Waals surface area contributed by atoms with Crippen LogP contribution in [0.15, 0.2) is 0 Å². The van der Waals surface area contributed by atoms with Crippen LogP contribution in [-0.4, -0.2) is 21.3 Å². The van der Waals surface area contributed by atoms with E-state index in [2.05, 4.69) is 20.8 Å². The van der Waals surface area contributed by atoms with Crippen molar-refractivity contribution in [1.29, 1.82) is 0 Å². The van der Waals surface area contributed by atoms with Gasteiger partial charge in [0, 0.05) is 22.6 Å². The predicted octanol–water partition coefficient (Wildman–Crippen LogP) is 2.44. The van der Waals surface area contributed by atoms with Crippen LogP contribution in [0.5, 0.6) is 0 Å². The van der Waals surface area contributed by atoms with Crippen LogP contribution in [0.3, 0.4) is 0 Å². The number of unbranched alkanes of at least 4 members (excludes halogenated alkanes) is 1. The van der Waals surface area contributed by atoms with Crippen molar-refractivity contribution < 1.29 is 4.21 Å². The topological polar surface area (TPSA) is 43.1 Å². The first-order valence-corrected chi connectivity index (χ1v) is 7.47. The summed E-state index contributed by atoms with van der Waals surface area (Å²) in [5, 5.41) is 0.236. The molecule has 1 fully saturated rings. The van der Waals surface area contributed by atoms with E-state index in [4.69, 9.17) is 5.73 Å². The predicted molar refractivity (Wildman–Crippen MR) is 67.3 cm³/mol. The van der Waals surface area contributed by atoms with Crippen molar-refractivity contribution in [2.45, 2.75) is 64.2 Å². The monoisotopic (exact) mass is 231 g/mol. The Bertz CT molecular complexity index is 228. The molecule has 15 heavy (non-hydrogen) atoms. The fourth-order valence-corrected chi connectivity index (χ4v) is 4.31. The molecule has 2 nitrogen and oxygen atoms in total. The van der Waals surface area contributed by atoms with Crippen molar-refractivity contribution in [3.63, 3.8) is 0 Å². The van der Waals surface area contributed by atoms with Gasteiger partial charge in [0.15, 0.2) is 0 Å². The largest absolute Gasteiger partial charge is 0.327 e. The second-order valence-electron chi connectivity index (χ2n) is 5.55. The number of hydrogen-bond donors (Lipinski definition) is 1. The summed E-state index contributed by atoms with van der Waals surface area (Å²) < 4.78 is 12.1. The highest BCUT2D eigenvalue weighted by Crippen LogP contribution is 2.36. The Labute approximate surface area is 96.5 Å². The first-order valence-electron chi connectivity index (χ1n) is 6.09. The van der Waals surface area contributed by atoms with Crippen LogP contribution >= 0.6 is 0 Å². The molecule has 0 aliphatic heterocycles.